The molecular weight excluding hydrogens is 382 g/mol. The summed E-state index contributed by atoms with van der Waals surface area (Å²) < 4.78 is 1.98. The third kappa shape index (κ3) is 5.90. The summed E-state index contributed by atoms with van der Waals surface area (Å²) in [7, 11) is 0. The molecule has 7 heteroatoms. The number of carbonyl (C=O) groups excluding carboxylic acids is 1. The molecule has 0 aliphatic carbocycles. The lowest BCUT2D eigenvalue weighted by atomic mass is 10.1. The first-order chi connectivity index (χ1) is 13.9. The Labute approximate surface area is 176 Å². The minimum absolute atomic E-state index is 0.0455. The van der Waals surface area contributed by atoms with Crippen LogP contribution in [-0.2, 0) is 12.3 Å². The van der Waals surface area contributed by atoms with E-state index in [-0.39, 0.29) is 5.91 Å². The number of rotatable bonds is 8. The molecule has 152 valence electrons. The Morgan fingerprint density at radius 3 is 2.45 bits per heavy atom. The van der Waals surface area contributed by atoms with Crippen molar-refractivity contribution in [3.8, 4) is 0 Å². The Bertz CT molecular complexity index is 978. The van der Waals surface area contributed by atoms with Crippen molar-refractivity contribution in [3.63, 3.8) is 0 Å². The molecule has 3 aromatic rings. The van der Waals surface area contributed by atoms with Crippen LogP contribution in [0.4, 0.5) is 0 Å². The van der Waals surface area contributed by atoms with Gasteiger partial charge in [0, 0.05) is 41.5 Å². The minimum Gasteiger partial charge on any atom is -0.352 e. The number of hydrogen-bond donors (Lipinski definition) is 1. The lowest BCUT2D eigenvalue weighted by molar-refractivity contribution is 0.0952. The molecule has 3 rings (SSSR count). The van der Waals surface area contributed by atoms with Gasteiger partial charge in [-0.3, -0.25) is 9.48 Å². The molecule has 1 aromatic carbocycles. The van der Waals surface area contributed by atoms with E-state index in [1.165, 1.54) is 0 Å². The lowest BCUT2D eigenvalue weighted by Crippen LogP contribution is -2.26. The van der Waals surface area contributed by atoms with E-state index in [2.05, 4.69) is 26.4 Å². The highest BCUT2D eigenvalue weighted by Crippen LogP contribution is 2.22. The van der Waals surface area contributed by atoms with Gasteiger partial charge in [-0.1, -0.05) is 30.0 Å². The molecule has 0 aliphatic rings. The summed E-state index contributed by atoms with van der Waals surface area (Å²) in [4.78, 5) is 21.6. The van der Waals surface area contributed by atoms with Crippen molar-refractivity contribution in [1.29, 1.82) is 0 Å². The molecule has 2 aromatic heterocycles. The molecule has 2 heterocycles. The zero-order chi connectivity index (χ0) is 20.8. The maximum atomic E-state index is 12.7. The summed E-state index contributed by atoms with van der Waals surface area (Å²) in [5.41, 5.74) is 5.75. The number of amides is 1. The normalized spacial score (nSPS) is 10.9. The molecule has 0 saturated carbocycles. The fourth-order valence-corrected chi connectivity index (χ4v) is 4.15. The number of aryl methyl sites for hydroxylation is 5. The summed E-state index contributed by atoms with van der Waals surface area (Å²) >= 11 is 1.55. The Hall–Kier alpha value is -2.67. The number of nitrogens with zero attached hydrogens (tertiary/aromatic N) is 4. The number of carbonyl (C=O) groups is 1. The van der Waals surface area contributed by atoms with Crippen LogP contribution >= 0.6 is 11.8 Å². The maximum Gasteiger partial charge on any atom is 0.251 e. The molecule has 0 radical (unpaired) electrons. The van der Waals surface area contributed by atoms with E-state index in [1.807, 2.05) is 62.7 Å². The summed E-state index contributed by atoms with van der Waals surface area (Å²) in [5.74, 6) is 0.606. The van der Waals surface area contributed by atoms with Crippen LogP contribution in [0.25, 0.3) is 0 Å². The minimum atomic E-state index is -0.0455. The zero-order valence-electron chi connectivity index (χ0n) is 17.4. The molecule has 0 atom stereocenters. The Balaban J connectivity index is 1.56. The maximum absolute atomic E-state index is 12.7. The first-order valence-corrected chi connectivity index (χ1v) is 10.7. The van der Waals surface area contributed by atoms with Crippen molar-refractivity contribution in [3.05, 3.63) is 70.3 Å². The topological polar surface area (TPSA) is 72.7 Å². The van der Waals surface area contributed by atoms with Crippen molar-refractivity contribution in [2.45, 2.75) is 51.6 Å². The quantitative estimate of drug-likeness (QED) is 0.346. The third-order valence-electron chi connectivity index (χ3n) is 4.52. The molecule has 1 N–H and O–H groups in total. The first-order valence-electron chi connectivity index (χ1n) is 9.74. The van der Waals surface area contributed by atoms with E-state index < -0.39 is 0 Å². The van der Waals surface area contributed by atoms with E-state index in [1.54, 1.807) is 11.8 Å². The van der Waals surface area contributed by atoms with Crippen molar-refractivity contribution in [2.75, 3.05) is 6.54 Å². The van der Waals surface area contributed by atoms with Gasteiger partial charge in [-0.05, 0) is 57.9 Å². The second-order valence-corrected chi connectivity index (χ2v) is 8.08. The van der Waals surface area contributed by atoms with Crippen molar-refractivity contribution < 1.29 is 4.79 Å². The van der Waals surface area contributed by atoms with Gasteiger partial charge in [-0.25, -0.2) is 9.97 Å². The highest BCUT2D eigenvalue weighted by atomic mass is 32.2. The lowest BCUT2D eigenvalue weighted by Gasteiger charge is -2.10. The van der Waals surface area contributed by atoms with Gasteiger partial charge >= 0.3 is 0 Å². The van der Waals surface area contributed by atoms with Crippen LogP contribution in [-0.4, -0.2) is 32.2 Å². The van der Waals surface area contributed by atoms with Crippen LogP contribution in [0.15, 0.2) is 41.6 Å². The summed E-state index contributed by atoms with van der Waals surface area (Å²) in [6, 6.07) is 11.7. The first kappa shape index (κ1) is 21.0. The van der Waals surface area contributed by atoms with Crippen molar-refractivity contribution in [2.24, 2.45) is 0 Å². The molecule has 0 aliphatic heterocycles. The fourth-order valence-electron chi connectivity index (χ4n) is 3.20. The van der Waals surface area contributed by atoms with Crippen molar-refractivity contribution in [1.82, 2.24) is 25.1 Å². The molecule has 1 amide bonds. The molecular formula is C22H27N5OS. The predicted octanol–water partition coefficient (Wildman–Crippen LogP) is 4.02. The van der Waals surface area contributed by atoms with Gasteiger partial charge in [0.15, 0.2) is 5.16 Å². The van der Waals surface area contributed by atoms with Gasteiger partial charge in [-0.2, -0.15) is 5.10 Å². The largest absolute Gasteiger partial charge is 0.352 e. The van der Waals surface area contributed by atoms with Crippen molar-refractivity contribution >= 4 is 17.7 Å². The Morgan fingerprint density at radius 1 is 1.03 bits per heavy atom. The van der Waals surface area contributed by atoms with Gasteiger partial charge in [0.25, 0.3) is 5.91 Å². The van der Waals surface area contributed by atoms with E-state index in [9.17, 15) is 4.79 Å². The van der Waals surface area contributed by atoms with Gasteiger partial charge in [-0.15, -0.1) is 0 Å². The molecule has 0 saturated heterocycles. The van der Waals surface area contributed by atoms with Gasteiger partial charge in [0.1, 0.15) is 0 Å². The second-order valence-electron chi connectivity index (χ2n) is 7.14. The second kappa shape index (κ2) is 9.69. The molecule has 0 unspecified atom stereocenters. The number of benzene rings is 1. The average molecular weight is 410 g/mol. The van der Waals surface area contributed by atoms with E-state index in [0.29, 0.717) is 17.9 Å². The molecule has 0 fully saturated rings. The van der Waals surface area contributed by atoms with Crippen LogP contribution in [0, 0.1) is 27.7 Å². The Morgan fingerprint density at radius 2 is 1.76 bits per heavy atom. The number of hydrogen-bond acceptors (Lipinski definition) is 5. The van der Waals surface area contributed by atoms with Crippen LogP contribution in [0.1, 0.15) is 45.1 Å². The summed E-state index contributed by atoms with van der Waals surface area (Å²) in [6.07, 6.45) is 0.834. The van der Waals surface area contributed by atoms with E-state index >= 15 is 0 Å². The zero-order valence-corrected chi connectivity index (χ0v) is 18.2. The smallest absolute Gasteiger partial charge is 0.251 e. The SMILES string of the molecule is Cc1cc(C)nc(SCc2ccccc2C(=O)NCCCn2nc(C)cc2C)n1. The highest BCUT2D eigenvalue weighted by molar-refractivity contribution is 7.98. The summed E-state index contributed by atoms with van der Waals surface area (Å²) in [5, 5.41) is 8.22. The van der Waals surface area contributed by atoms with E-state index in [4.69, 9.17) is 0 Å². The van der Waals surface area contributed by atoms with Crippen LogP contribution in [0.5, 0.6) is 0 Å². The standard InChI is InChI=1S/C22H27N5OS/c1-15-12-16(2)25-22(24-15)29-14-19-8-5-6-9-20(19)21(28)23-10-7-11-27-18(4)13-17(3)26-27/h5-6,8-9,12-13H,7,10-11,14H2,1-4H3,(H,23,28). The average Bonchev–Trinajstić information content (AvgIpc) is 3.00. The third-order valence-corrected chi connectivity index (χ3v) is 5.41. The molecule has 0 spiro atoms. The van der Waals surface area contributed by atoms with Gasteiger partial charge in [0.05, 0.1) is 5.69 Å². The van der Waals surface area contributed by atoms with Gasteiger partial charge < -0.3 is 5.32 Å². The molecule has 29 heavy (non-hydrogen) atoms. The van der Waals surface area contributed by atoms with Crippen LogP contribution in [0.3, 0.4) is 0 Å². The van der Waals surface area contributed by atoms with Crippen LogP contribution < -0.4 is 5.32 Å². The van der Waals surface area contributed by atoms with E-state index in [0.717, 1.165) is 46.5 Å². The number of thioether (sulfide) groups is 1. The predicted molar refractivity (Wildman–Crippen MR) is 116 cm³/mol. The number of aromatic nitrogens is 4. The monoisotopic (exact) mass is 409 g/mol. The van der Waals surface area contributed by atoms with Gasteiger partial charge in [0.2, 0.25) is 0 Å². The fraction of sp³-hybridized carbons (Fsp3) is 0.364. The highest BCUT2D eigenvalue weighted by Gasteiger charge is 2.12. The van der Waals surface area contributed by atoms with Crippen LogP contribution in [0.2, 0.25) is 0 Å². The Kier molecular flexibility index (Phi) is 7.04. The number of nitrogens with one attached hydrogen (secondary N) is 1. The molecule has 0 bridgehead atoms. The summed E-state index contributed by atoms with van der Waals surface area (Å²) in [6.45, 7) is 9.37. The molecule has 6 nitrogen and oxygen atoms in total.